The number of fused-ring (bicyclic) bond motifs is 1. The molecule has 5 nitrogen and oxygen atoms in total. The molecule has 0 unspecified atom stereocenters. The summed E-state index contributed by atoms with van der Waals surface area (Å²) in [5.41, 5.74) is 2.88. The summed E-state index contributed by atoms with van der Waals surface area (Å²) in [6.45, 7) is 3.08. The maximum atomic E-state index is 13.0. The van der Waals surface area contributed by atoms with Crippen molar-refractivity contribution >= 4 is 5.91 Å². The largest absolute Gasteiger partial charge is 0.491 e. The van der Waals surface area contributed by atoms with E-state index in [1.165, 1.54) is 0 Å². The van der Waals surface area contributed by atoms with Gasteiger partial charge in [-0.15, -0.1) is 0 Å². The Morgan fingerprint density at radius 3 is 2.52 bits per heavy atom. The van der Waals surface area contributed by atoms with Crippen molar-refractivity contribution in [2.75, 3.05) is 19.7 Å². The van der Waals surface area contributed by atoms with Gasteiger partial charge in [0.05, 0.1) is 6.10 Å². The summed E-state index contributed by atoms with van der Waals surface area (Å²) < 4.78 is 5.78. The topological polar surface area (TPSA) is 70.0 Å². The second-order valence-corrected chi connectivity index (χ2v) is 7.81. The zero-order valence-corrected chi connectivity index (χ0v) is 17.1. The van der Waals surface area contributed by atoms with Gasteiger partial charge < -0.3 is 19.8 Å². The van der Waals surface area contributed by atoms with Crippen LogP contribution in [0.2, 0.25) is 0 Å². The lowest BCUT2D eigenvalue weighted by atomic mass is 10.0. The first-order valence-corrected chi connectivity index (χ1v) is 10.5. The number of para-hydroxylation sites is 1. The van der Waals surface area contributed by atoms with Gasteiger partial charge in [-0.2, -0.15) is 0 Å². The molecule has 3 rings (SSSR count). The fraction of sp³-hybridized carbons (Fsp3) is 0.458. The van der Waals surface area contributed by atoms with E-state index < -0.39 is 12.2 Å². The molecule has 2 N–H and O–H groups in total. The SMILES string of the molecule is Cc1ccc(C(=O)N2CCCCCc3ccccc3OC[C@@H](O)[C@@H](O)CC2)cc1. The average molecular weight is 398 g/mol. The van der Waals surface area contributed by atoms with Crippen molar-refractivity contribution in [3.8, 4) is 5.75 Å². The molecule has 0 bridgehead atoms. The van der Waals surface area contributed by atoms with Gasteiger partial charge in [0.15, 0.2) is 0 Å². The van der Waals surface area contributed by atoms with E-state index in [9.17, 15) is 15.0 Å². The summed E-state index contributed by atoms with van der Waals surface area (Å²) in [5, 5.41) is 20.7. The van der Waals surface area contributed by atoms with Gasteiger partial charge in [0.2, 0.25) is 0 Å². The quantitative estimate of drug-likeness (QED) is 0.774. The molecule has 1 heterocycles. The van der Waals surface area contributed by atoms with Crippen LogP contribution in [-0.4, -0.2) is 52.9 Å². The first-order chi connectivity index (χ1) is 14.0. The van der Waals surface area contributed by atoms with Crippen molar-refractivity contribution in [3.05, 3.63) is 65.2 Å². The van der Waals surface area contributed by atoms with E-state index in [1.807, 2.05) is 55.5 Å². The molecule has 1 aliphatic heterocycles. The van der Waals surface area contributed by atoms with Gasteiger partial charge in [0, 0.05) is 18.7 Å². The number of aryl methyl sites for hydroxylation is 2. The number of rotatable bonds is 1. The molecule has 0 radical (unpaired) electrons. The van der Waals surface area contributed by atoms with Gasteiger partial charge in [0.1, 0.15) is 18.5 Å². The van der Waals surface area contributed by atoms with Gasteiger partial charge in [-0.25, -0.2) is 0 Å². The highest BCUT2D eigenvalue weighted by molar-refractivity contribution is 5.94. The van der Waals surface area contributed by atoms with Crippen molar-refractivity contribution in [3.63, 3.8) is 0 Å². The molecule has 2 aromatic rings. The number of amides is 1. The molecule has 0 fully saturated rings. The van der Waals surface area contributed by atoms with Crippen molar-refractivity contribution in [2.45, 2.75) is 51.2 Å². The van der Waals surface area contributed by atoms with Crippen molar-refractivity contribution in [1.29, 1.82) is 0 Å². The Morgan fingerprint density at radius 1 is 0.966 bits per heavy atom. The van der Waals surface area contributed by atoms with E-state index in [2.05, 4.69) is 0 Å². The Bertz CT molecular complexity index is 790. The van der Waals surface area contributed by atoms with E-state index in [4.69, 9.17) is 4.74 Å². The second-order valence-electron chi connectivity index (χ2n) is 7.81. The number of aliphatic hydroxyl groups is 2. The van der Waals surface area contributed by atoms with Gasteiger partial charge >= 0.3 is 0 Å². The molecule has 2 atom stereocenters. The molecule has 0 aliphatic carbocycles. The number of carbonyl (C=O) groups excluding carboxylic acids is 1. The third kappa shape index (κ3) is 6.05. The highest BCUT2D eigenvalue weighted by atomic mass is 16.5. The first-order valence-electron chi connectivity index (χ1n) is 10.5. The minimum Gasteiger partial charge on any atom is -0.491 e. The fourth-order valence-electron chi connectivity index (χ4n) is 3.61. The number of hydrogen-bond donors (Lipinski definition) is 2. The van der Waals surface area contributed by atoms with E-state index >= 15 is 0 Å². The maximum absolute atomic E-state index is 13.0. The molecule has 0 saturated carbocycles. The van der Waals surface area contributed by atoms with Crippen molar-refractivity contribution < 1.29 is 19.7 Å². The van der Waals surface area contributed by atoms with E-state index in [-0.39, 0.29) is 12.5 Å². The number of ether oxygens (including phenoxy) is 1. The number of aliphatic hydroxyl groups excluding tert-OH is 2. The monoisotopic (exact) mass is 397 g/mol. The summed E-state index contributed by atoms with van der Waals surface area (Å²) >= 11 is 0. The van der Waals surface area contributed by atoms with E-state index in [1.54, 1.807) is 4.90 Å². The lowest BCUT2D eigenvalue weighted by Gasteiger charge is -2.26. The molecule has 1 aliphatic rings. The molecule has 2 aromatic carbocycles. The highest BCUT2D eigenvalue weighted by Gasteiger charge is 2.22. The maximum Gasteiger partial charge on any atom is 0.253 e. The summed E-state index contributed by atoms with van der Waals surface area (Å²) in [6.07, 6.45) is 2.18. The lowest BCUT2D eigenvalue weighted by Crippen LogP contribution is -2.38. The average Bonchev–Trinajstić information content (AvgIpc) is 2.74. The molecule has 156 valence electrons. The molecule has 0 saturated heterocycles. The third-order valence-corrected chi connectivity index (χ3v) is 5.48. The molecule has 5 heteroatoms. The fourth-order valence-corrected chi connectivity index (χ4v) is 3.61. The molecule has 0 aromatic heterocycles. The molecular formula is C24H31NO4. The minimum atomic E-state index is -0.998. The Morgan fingerprint density at radius 2 is 1.72 bits per heavy atom. The second kappa shape index (κ2) is 10.4. The molecule has 29 heavy (non-hydrogen) atoms. The summed E-state index contributed by atoms with van der Waals surface area (Å²) in [6, 6.07) is 15.4. The normalized spacial score (nSPS) is 21.6. The smallest absolute Gasteiger partial charge is 0.253 e. The van der Waals surface area contributed by atoms with Crippen LogP contribution in [0.3, 0.4) is 0 Å². The summed E-state index contributed by atoms with van der Waals surface area (Å²) in [7, 11) is 0. The number of hydrogen-bond acceptors (Lipinski definition) is 4. The van der Waals surface area contributed by atoms with Gasteiger partial charge in [0.25, 0.3) is 5.91 Å². The Kier molecular flexibility index (Phi) is 7.67. The predicted octanol–water partition coefficient (Wildman–Crippen LogP) is 3.35. The van der Waals surface area contributed by atoms with E-state index in [0.717, 1.165) is 42.6 Å². The Labute approximate surface area is 172 Å². The van der Waals surface area contributed by atoms with Crippen molar-refractivity contribution in [1.82, 2.24) is 4.90 Å². The molecule has 0 spiro atoms. The summed E-state index contributed by atoms with van der Waals surface area (Å²) in [4.78, 5) is 14.8. The predicted molar refractivity (Wildman–Crippen MR) is 113 cm³/mol. The van der Waals surface area contributed by atoms with Gasteiger partial charge in [-0.3, -0.25) is 4.79 Å². The lowest BCUT2D eigenvalue weighted by molar-refractivity contribution is -0.0153. The van der Waals surface area contributed by atoms with Crippen LogP contribution < -0.4 is 4.74 Å². The third-order valence-electron chi connectivity index (χ3n) is 5.48. The highest BCUT2D eigenvalue weighted by Crippen LogP contribution is 2.22. The van der Waals surface area contributed by atoms with Crippen LogP contribution in [0.15, 0.2) is 48.5 Å². The van der Waals surface area contributed by atoms with Crippen LogP contribution in [0, 0.1) is 6.92 Å². The minimum absolute atomic E-state index is 0.0274. The van der Waals surface area contributed by atoms with Gasteiger partial charge in [-0.05, 0) is 56.4 Å². The van der Waals surface area contributed by atoms with Crippen LogP contribution in [-0.2, 0) is 6.42 Å². The number of carbonyl (C=O) groups is 1. The Balaban J connectivity index is 1.70. The first kappa shape index (κ1) is 21.3. The standard InChI is InChI=1S/C24H31NO4/c1-18-10-12-20(13-11-18)24(28)25-15-6-2-3-7-19-8-4-5-9-23(19)29-17-22(27)21(26)14-16-25/h4-5,8-13,21-22,26-27H,2-3,6-7,14-17H2,1H3/t21-,22+/m0/s1. The zero-order chi connectivity index (χ0) is 20.6. The van der Waals surface area contributed by atoms with Gasteiger partial charge in [-0.1, -0.05) is 42.3 Å². The van der Waals surface area contributed by atoms with Crippen LogP contribution >= 0.6 is 0 Å². The molecular weight excluding hydrogens is 366 g/mol. The van der Waals surface area contributed by atoms with Crippen LogP contribution in [0.25, 0.3) is 0 Å². The van der Waals surface area contributed by atoms with E-state index in [0.29, 0.717) is 25.1 Å². The van der Waals surface area contributed by atoms with Crippen LogP contribution in [0.4, 0.5) is 0 Å². The number of nitrogens with zero attached hydrogens (tertiary/aromatic N) is 1. The van der Waals surface area contributed by atoms with Crippen LogP contribution in [0.5, 0.6) is 5.75 Å². The van der Waals surface area contributed by atoms with Crippen molar-refractivity contribution in [2.24, 2.45) is 0 Å². The van der Waals surface area contributed by atoms with Crippen LogP contribution in [0.1, 0.15) is 47.2 Å². The Hall–Kier alpha value is -2.37. The molecule has 1 amide bonds. The summed E-state index contributed by atoms with van der Waals surface area (Å²) in [5.74, 6) is 0.743. The number of benzene rings is 2. The zero-order valence-electron chi connectivity index (χ0n) is 17.1.